The molecule has 10 heteroatoms. The summed E-state index contributed by atoms with van der Waals surface area (Å²) in [6.07, 6.45) is -10.4. The first-order valence-electron chi connectivity index (χ1n) is 4.89. The Labute approximate surface area is 111 Å². The van der Waals surface area contributed by atoms with Gasteiger partial charge in [-0.1, -0.05) is 0 Å². The summed E-state index contributed by atoms with van der Waals surface area (Å²) in [6.45, 7) is 1.40. The van der Waals surface area contributed by atoms with E-state index in [1.165, 1.54) is 6.92 Å². The van der Waals surface area contributed by atoms with Crippen molar-refractivity contribution in [3.05, 3.63) is 16.4 Å². The fraction of sp³-hybridized carbons (Fsp3) is 0.556. The summed E-state index contributed by atoms with van der Waals surface area (Å²) in [5.74, 6) is -6.13. The van der Waals surface area contributed by atoms with Gasteiger partial charge >= 0.3 is 12.4 Å². The first-order valence-corrected chi connectivity index (χ1v) is 5.68. The third-order valence-electron chi connectivity index (χ3n) is 2.24. The van der Waals surface area contributed by atoms with Gasteiger partial charge in [0.25, 0.3) is 0 Å². The molecular formula is C9H7BrF6N2O. The van der Waals surface area contributed by atoms with Gasteiger partial charge in [0.05, 0.1) is 10.7 Å². The van der Waals surface area contributed by atoms with Gasteiger partial charge in [-0.3, -0.25) is 9.48 Å². The van der Waals surface area contributed by atoms with Crippen LogP contribution in [0.3, 0.4) is 0 Å². The normalized spacial score (nSPS) is 13.1. The zero-order chi connectivity index (χ0) is 15.0. The van der Waals surface area contributed by atoms with Crippen LogP contribution in [0.2, 0.25) is 0 Å². The molecule has 0 radical (unpaired) electrons. The Morgan fingerprint density at radius 1 is 1.32 bits per heavy atom. The average molecular weight is 353 g/mol. The van der Waals surface area contributed by atoms with Gasteiger partial charge in [-0.2, -0.15) is 31.4 Å². The van der Waals surface area contributed by atoms with Gasteiger partial charge in [-0.25, -0.2) is 0 Å². The Bertz CT molecular complexity index is 464. The van der Waals surface area contributed by atoms with E-state index in [0.717, 1.165) is 10.9 Å². The molecule has 108 valence electrons. The van der Waals surface area contributed by atoms with Crippen LogP contribution in [0.15, 0.2) is 10.7 Å². The van der Waals surface area contributed by atoms with Crippen LogP contribution in [0.25, 0.3) is 0 Å². The van der Waals surface area contributed by atoms with E-state index in [2.05, 4.69) is 21.0 Å². The first kappa shape index (κ1) is 16.0. The van der Waals surface area contributed by atoms with Crippen LogP contribution in [-0.2, 0) is 6.54 Å². The molecule has 0 aliphatic rings. The molecule has 0 atom stereocenters. The van der Waals surface area contributed by atoms with E-state index < -0.39 is 29.7 Å². The summed E-state index contributed by atoms with van der Waals surface area (Å²) in [7, 11) is 0. The Balaban J connectivity index is 3.32. The van der Waals surface area contributed by atoms with Crippen LogP contribution < -0.4 is 0 Å². The third-order valence-corrected chi connectivity index (χ3v) is 2.82. The molecule has 0 aliphatic carbocycles. The van der Waals surface area contributed by atoms with Crippen molar-refractivity contribution in [2.24, 2.45) is 5.92 Å². The number of halogens is 7. The summed E-state index contributed by atoms with van der Waals surface area (Å²) in [5.41, 5.74) is -0.748. The van der Waals surface area contributed by atoms with Gasteiger partial charge in [-0.15, -0.1) is 0 Å². The second-order valence-electron chi connectivity index (χ2n) is 3.54. The van der Waals surface area contributed by atoms with Crippen LogP contribution in [-0.4, -0.2) is 27.9 Å². The van der Waals surface area contributed by atoms with Crippen LogP contribution in [0.1, 0.15) is 17.4 Å². The lowest BCUT2D eigenvalue weighted by atomic mass is 10.0. The minimum Gasteiger partial charge on any atom is -0.291 e. The molecule has 0 saturated heterocycles. The molecule has 0 spiro atoms. The highest BCUT2D eigenvalue weighted by Crippen LogP contribution is 2.41. The lowest BCUT2D eigenvalue weighted by molar-refractivity contribution is -0.265. The Hall–Kier alpha value is -1.06. The molecule has 0 bridgehead atoms. The molecule has 0 aromatic carbocycles. The second-order valence-corrected chi connectivity index (χ2v) is 4.39. The van der Waals surface area contributed by atoms with Crippen LogP contribution in [0.4, 0.5) is 26.3 Å². The molecule has 0 amide bonds. The Morgan fingerprint density at radius 2 is 1.79 bits per heavy atom. The molecular weight excluding hydrogens is 346 g/mol. The van der Waals surface area contributed by atoms with Gasteiger partial charge in [0.1, 0.15) is 5.69 Å². The fourth-order valence-corrected chi connectivity index (χ4v) is 1.96. The van der Waals surface area contributed by atoms with Gasteiger partial charge in [0, 0.05) is 6.54 Å². The van der Waals surface area contributed by atoms with E-state index >= 15 is 0 Å². The van der Waals surface area contributed by atoms with E-state index in [9.17, 15) is 31.1 Å². The summed E-state index contributed by atoms with van der Waals surface area (Å²) in [6, 6.07) is 0. The quantitative estimate of drug-likeness (QED) is 0.615. The number of ketones is 1. The predicted octanol–water partition coefficient (Wildman–Crippen LogP) is 3.59. The smallest absolute Gasteiger partial charge is 0.291 e. The van der Waals surface area contributed by atoms with E-state index in [1.807, 2.05) is 0 Å². The number of alkyl halides is 6. The zero-order valence-corrected chi connectivity index (χ0v) is 10.9. The summed E-state index contributed by atoms with van der Waals surface area (Å²) >= 11 is 2.72. The number of hydrogen-bond donors (Lipinski definition) is 0. The standard InChI is InChI=1S/C9H7BrF6N2O/c1-2-18-5(4(10)3-17-18)6(19)7(8(11,12)13)9(14,15)16/h3,7H,2H2,1H3. The van der Waals surface area contributed by atoms with Crippen molar-refractivity contribution in [2.45, 2.75) is 25.8 Å². The van der Waals surface area contributed by atoms with Crippen molar-refractivity contribution in [1.29, 1.82) is 0 Å². The highest BCUT2D eigenvalue weighted by atomic mass is 79.9. The van der Waals surface area contributed by atoms with Gasteiger partial charge in [-0.05, 0) is 22.9 Å². The Morgan fingerprint density at radius 3 is 2.16 bits per heavy atom. The molecule has 19 heavy (non-hydrogen) atoms. The first-order chi connectivity index (χ1) is 8.50. The Kier molecular flexibility index (Phi) is 4.33. The predicted molar refractivity (Wildman–Crippen MR) is 55.5 cm³/mol. The van der Waals surface area contributed by atoms with E-state index in [1.54, 1.807) is 0 Å². The largest absolute Gasteiger partial charge is 0.407 e. The molecule has 1 rings (SSSR count). The maximum absolute atomic E-state index is 12.4. The van der Waals surface area contributed by atoms with Gasteiger partial charge in [0.2, 0.25) is 11.7 Å². The maximum atomic E-state index is 12.4. The molecule has 0 unspecified atom stereocenters. The fourth-order valence-electron chi connectivity index (χ4n) is 1.47. The molecule has 1 aromatic rings. The highest BCUT2D eigenvalue weighted by molar-refractivity contribution is 9.10. The number of Topliss-reactive ketones (excluding diaryl/α,β-unsaturated/α-hetero) is 1. The SMILES string of the molecule is CCn1ncc(Br)c1C(=O)C(C(F)(F)F)C(F)(F)F. The van der Waals surface area contributed by atoms with Crippen molar-refractivity contribution in [1.82, 2.24) is 9.78 Å². The maximum Gasteiger partial charge on any atom is 0.407 e. The third kappa shape index (κ3) is 3.28. The summed E-state index contributed by atoms with van der Waals surface area (Å²) < 4.78 is 75.2. The minimum absolute atomic E-state index is 0.0326. The van der Waals surface area contributed by atoms with Crippen molar-refractivity contribution >= 4 is 21.7 Å². The van der Waals surface area contributed by atoms with E-state index in [0.29, 0.717) is 0 Å². The topological polar surface area (TPSA) is 34.9 Å². The number of hydrogen-bond acceptors (Lipinski definition) is 2. The minimum atomic E-state index is -5.71. The average Bonchev–Trinajstić information content (AvgIpc) is 2.54. The number of carbonyl (C=O) groups is 1. The molecule has 0 aliphatic heterocycles. The molecule has 1 heterocycles. The molecule has 1 aromatic heterocycles. The highest BCUT2D eigenvalue weighted by Gasteiger charge is 2.61. The van der Waals surface area contributed by atoms with Gasteiger partial charge < -0.3 is 0 Å². The molecule has 3 nitrogen and oxygen atoms in total. The molecule has 0 N–H and O–H groups in total. The number of aryl methyl sites for hydroxylation is 1. The van der Waals surface area contributed by atoms with E-state index in [-0.39, 0.29) is 11.0 Å². The summed E-state index contributed by atoms with van der Waals surface area (Å²) in [4.78, 5) is 11.6. The number of aromatic nitrogens is 2. The monoisotopic (exact) mass is 352 g/mol. The van der Waals surface area contributed by atoms with Gasteiger partial charge in [0.15, 0.2) is 0 Å². The summed E-state index contributed by atoms with van der Waals surface area (Å²) in [5, 5.41) is 3.52. The number of carbonyl (C=O) groups excluding carboxylic acids is 1. The molecule has 0 saturated carbocycles. The van der Waals surface area contributed by atoms with Crippen LogP contribution >= 0.6 is 15.9 Å². The number of nitrogens with zero attached hydrogens (tertiary/aromatic N) is 2. The van der Waals surface area contributed by atoms with Crippen LogP contribution in [0, 0.1) is 5.92 Å². The number of rotatable bonds is 3. The van der Waals surface area contributed by atoms with Crippen molar-refractivity contribution in [3.63, 3.8) is 0 Å². The lowest BCUT2D eigenvalue weighted by Gasteiger charge is -2.22. The van der Waals surface area contributed by atoms with Crippen LogP contribution in [0.5, 0.6) is 0 Å². The molecule has 0 fully saturated rings. The lowest BCUT2D eigenvalue weighted by Crippen LogP contribution is -2.43. The second kappa shape index (κ2) is 5.14. The van der Waals surface area contributed by atoms with Crippen molar-refractivity contribution in [3.8, 4) is 0 Å². The van der Waals surface area contributed by atoms with E-state index in [4.69, 9.17) is 0 Å². The zero-order valence-electron chi connectivity index (χ0n) is 9.31. The van der Waals surface area contributed by atoms with Crippen molar-refractivity contribution in [2.75, 3.05) is 0 Å². The van der Waals surface area contributed by atoms with Crippen molar-refractivity contribution < 1.29 is 31.1 Å².